The summed E-state index contributed by atoms with van der Waals surface area (Å²) in [4.78, 5) is 8.97. The zero-order valence-electron chi connectivity index (χ0n) is 15.2. The van der Waals surface area contributed by atoms with E-state index in [0.717, 1.165) is 34.6 Å². The van der Waals surface area contributed by atoms with Crippen molar-refractivity contribution < 1.29 is 0 Å². The normalized spacial score (nSPS) is 12.3. The zero-order chi connectivity index (χ0) is 18.8. The van der Waals surface area contributed by atoms with Crippen LogP contribution in [0.15, 0.2) is 67.4 Å². The highest BCUT2D eigenvalue weighted by molar-refractivity contribution is 6.29. The van der Waals surface area contributed by atoms with Crippen LogP contribution in [0, 0.1) is 6.92 Å². The van der Waals surface area contributed by atoms with Gasteiger partial charge in [0.2, 0.25) is 0 Å². The summed E-state index contributed by atoms with van der Waals surface area (Å²) in [6.07, 6.45) is 7.62. The van der Waals surface area contributed by atoms with Gasteiger partial charge >= 0.3 is 0 Å². The minimum Gasteiger partial charge on any atom is -0.328 e. The molecule has 3 aromatic heterocycles. The number of hydrogen-bond donors (Lipinski definition) is 0. The van der Waals surface area contributed by atoms with Crippen LogP contribution in [-0.2, 0) is 6.54 Å². The van der Waals surface area contributed by atoms with Gasteiger partial charge in [0.1, 0.15) is 5.15 Å². The lowest BCUT2D eigenvalue weighted by molar-refractivity contribution is 0.427. The number of imidazole rings is 1. The quantitative estimate of drug-likeness (QED) is 0.458. The summed E-state index contributed by atoms with van der Waals surface area (Å²) in [7, 11) is 0. The van der Waals surface area contributed by atoms with E-state index < -0.39 is 0 Å². The van der Waals surface area contributed by atoms with Gasteiger partial charge in [0.25, 0.3) is 0 Å². The van der Waals surface area contributed by atoms with Gasteiger partial charge in [-0.3, -0.25) is 4.68 Å². The third-order valence-electron chi connectivity index (χ3n) is 4.53. The summed E-state index contributed by atoms with van der Waals surface area (Å²) in [5, 5.41) is 4.92. The molecule has 0 unspecified atom stereocenters. The largest absolute Gasteiger partial charge is 0.328 e. The molecule has 4 aromatic rings. The maximum Gasteiger partial charge on any atom is 0.129 e. The van der Waals surface area contributed by atoms with Crippen LogP contribution >= 0.6 is 11.6 Å². The Morgan fingerprint density at radius 2 is 1.81 bits per heavy atom. The molecule has 0 bridgehead atoms. The second kappa shape index (κ2) is 7.37. The first-order chi connectivity index (χ1) is 13.1. The van der Waals surface area contributed by atoms with E-state index in [4.69, 9.17) is 16.6 Å². The lowest BCUT2D eigenvalue weighted by atomic mass is 10.1. The van der Waals surface area contributed by atoms with Crippen LogP contribution in [0.5, 0.6) is 0 Å². The summed E-state index contributed by atoms with van der Waals surface area (Å²) in [5.41, 5.74) is 5.17. The number of aromatic nitrogens is 5. The van der Waals surface area contributed by atoms with E-state index in [9.17, 15) is 0 Å². The molecule has 0 aliphatic heterocycles. The summed E-state index contributed by atoms with van der Waals surface area (Å²) < 4.78 is 4.15. The molecule has 4 rings (SSSR count). The maximum atomic E-state index is 5.99. The molecule has 3 heterocycles. The molecule has 5 nitrogen and oxygen atoms in total. The van der Waals surface area contributed by atoms with Gasteiger partial charge in [0, 0.05) is 30.1 Å². The van der Waals surface area contributed by atoms with Crippen LogP contribution in [-0.4, -0.2) is 24.3 Å². The molecule has 0 amide bonds. The highest BCUT2D eigenvalue weighted by Crippen LogP contribution is 2.32. The maximum absolute atomic E-state index is 5.99. The molecule has 1 atom stereocenters. The van der Waals surface area contributed by atoms with E-state index in [2.05, 4.69) is 39.9 Å². The van der Waals surface area contributed by atoms with Crippen molar-refractivity contribution in [3.63, 3.8) is 0 Å². The van der Waals surface area contributed by atoms with Crippen molar-refractivity contribution >= 4 is 11.6 Å². The van der Waals surface area contributed by atoms with Gasteiger partial charge in [-0.15, -0.1) is 0 Å². The van der Waals surface area contributed by atoms with Gasteiger partial charge in [-0.2, -0.15) is 5.10 Å². The Bertz CT molecular complexity index is 1030. The Morgan fingerprint density at radius 1 is 1.00 bits per heavy atom. The molecular formula is C21H20ClN5. The van der Waals surface area contributed by atoms with Crippen molar-refractivity contribution in [1.82, 2.24) is 24.3 Å². The zero-order valence-corrected chi connectivity index (χ0v) is 16.0. The molecule has 0 N–H and O–H groups in total. The third-order valence-corrected chi connectivity index (χ3v) is 4.75. The molecule has 0 spiro atoms. The third kappa shape index (κ3) is 3.64. The van der Waals surface area contributed by atoms with Crippen molar-refractivity contribution in [2.24, 2.45) is 0 Å². The molecule has 0 saturated heterocycles. The van der Waals surface area contributed by atoms with Crippen LogP contribution < -0.4 is 0 Å². The van der Waals surface area contributed by atoms with Crippen molar-refractivity contribution in [2.45, 2.75) is 26.4 Å². The Kier molecular flexibility index (Phi) is 4.77. The van der Waals surface area contributed by atoms with Crippen LogP contribution in [0.25, 0.3) is 22.5 Å². The Hall–Kier alpha value is -2.92. The summed E-state index contributed by atoms with van der Waals surface area (Å²) in [6.45, 7) is 4.95. The molecule has 0 aliphatic rings. The number of rotatable bonds is 5. The van der Waals surface area contributed by atoms with Crippen LogP contribution in [0.1, 0.15) is 18.5 Å². The molecule has 0 aliphatic carbocycles. The first-order valence-corrected chi connectivity index (χ1v) is 9.23. The minimum absolute atomic E-state index is 0.190. The number of benzene rings is 1. The first kappa shape index (κ1) is 17.5. The van der Waals surface area contributed by atoms with Gasteiger partial charge in [0.15, 0.2) is 0 Å². The van der Waals surface area contributed by atoms with Gasteiger partial charge in [0.05, 0.1) is 30.0 Å². The number of pyridine rings is 1. The summed E-state index contributed by atoms with van der Waals surface area (Å²) in [6, 6.07) is 14.2. The van der Waals surface area contributed by atoms with E-state index in [1.807, 2.05) is 54.5 Å². The first-order valence-electron chi connectivity index (χ1n) is 8.85. The van der Waals surface area contributed by atoms with E-state index >= 15 is 0 Å². The Balaban J connectivity index is 1.77. The second-order valence-electron chi connectivity index (χ2n) is 6.68. The predicted octanol–water partition coefficient (Wildman–Crippen LogP) is 5.03. The smallest absolute Gasteiger partial charge is 0.129 e. The molecule has 1 aromatic carbocycles. The van der Waals surface area contributed by atoms with E-state index in [1.54, 1.807) is 6.20 Å². The van der Waals surface area contributed by atoms with Gasteiger partial charge in [-0.1, -0.05) is 41.9 Å². The van der Waals surface area contributed by atoms with Crippen LogP contribution in [0.3, 0.4) is 0 Å². The number of halogens is 1. The standard InChI is InChI=1S/C21H20ClN5/c1-15-10-25-27(12-15)16(2)13-26-14-24-20(17-6-4-3-5-7-17)21(26)18-8-9-19(22)23-11-18/h3-12,14,16H,13H2,1-2H3/t16-/m0/s1. The average Bonchev–Trinajstić information content (AvgIpc) is 3.30. The number of aryl methyl sites for hydroxylation is 1. The van der Waals surface area contributed by atoms with Crippen molar-refractivity contribution in [2.75, 3.05) is 0 Å². The summed E-state index contributed by atoms with van der Waals surface area (Å²) in [5.74, 6) is 0. The monoisotopic (exact) mass is 377 g/mol. The second-order valence-corrected chi connectivity index (χ2v) is 7.06. The SMILES string of the molecule is Cc1cnn([C@@H](C)Cn2cnc(-c3ccccc3)c2-c2ccc(Cl)nc2)c1. The van der Waals surface area contributed by atoms with E-state index in [-0.39, 0.29) is 6.04 Å². The highest BCUT2D eigenvalue weighted by atomic mass is 35.5. The average molecular weight is 378 g/mol. The fourth-order valence-corrected chi connectivity index (χ4v) is 3.30. The highest BCUT2D eigenvalue weighted by Gasteiger charge is 2.17. The lowest BCUT2D eigenvalue weighted by Gasteiger charge is -2.16. The van der Waals surface area contributed by atoms with Gasteiger partial charge in [-0.05, 0) is 31.5 Å². The molecular weight excluding hydrogens is 358 g/mol. The molecule has 0 radical (unpaired) electrons. The van der Waals surface area contributed by atoms with Crippen LogP contribution in [0.4, 0.5) is 0 Å². The molecule has 6 heteroatoms. The van der Waals surface area contributed by atoms with Crippen LogP contribution in [0.2, 0.25) is 5.15 Å². The minimum atomic E-state index is 0.190. The fraction of sp³-hybridized carbons (Fsp3) is 0.190. The molecule has 27 heavy (non-hydrogen) atoms. The van der Waals surface area contributed by atoms with Gasteiger partial charge in [-0.25, -0.2) is 9.97 Å². The van der Waals surface area contributed by atoms with E-state index in [0.29, 0.717) is 5.15 Å². The van der Waals surface area contributed by atoms with Crippen molar-refractivity contribution in [3.8, 4) is 22.5 Å². The topological polar surface area (TPSA) is 48.5 Å². The number of hydrogen-bond acceptors (Lipinski definition) is 3. The van der Waals surface area contributed by atoms with E-state index in [1.165, 1.54) is 0 Å². The Labute approximate surface area is 163 Å². The summed E-state index contributed by atoms with van der Waals surface area (Å²) >= 11 is 5.99. The van der Waals surface area contributed by atoms with Gasteiger partial charge < -0.3 is 4.57 Å². The lowest BCUT2D eigenvalue weighted by Crippen LogP contribution is -2.14. The predicted molar refractivity (Wildman–Crippen MR) is 108 cm³/mol. The van der Waals surface area contributed by atoms with Crippen molar-refractivity contribution in [1.29, 1.82) is 0 Å². The fourth-order valence-electron chi connectivity index (χ4n) is 3.19. The molecule has 0 fully saturated rings. The van der Waals surface area contributed by atoms with Crippen molar-refractivity contribution in [3.05, 3.63) is 78.1 Å². The molecule has 136 valence electrons. The number of nitrogens with zero attached hydrogens (tertiary/aromatic N) is 5. The Morgan fingerprint density at radius 3 is 2.48 bits per heavy atom. The molecule has 0 saturated carbocycles.